The van der Waals surface area contributed by atoms with Crippen LogP contribution in [0.1, 0.15) is 54.4 Å². The van der Waals surface area contributed by atoms with Gasteiger partial charge in [-0.15, -0.1) is 6.58 Å². The van der Waals surface area contributed by atoms with Crippen molar-refractivity contribution in [2.24, 2.45) is 5.92 Å². The number of hydrogen-bond donors (Lipinski definition) is 0. The Kier molecular flexibility index (Phi) is 8.00. The Morgan fingerprint density at radius 1 is 1.00 bits per heavy atom. The quantitative estimate of drug-likeness (QED) is 0.569. The molecule has 0 aliphatic rings. The molecular formula is C14H30O2Si. The van der Waals surface area contributed by atoms with Crippen LogP contribution in [-0.2, 0) is 8.85 Å². The molecule has 0 radical (unpaired) electrons. The summed E-state index contributed by atoms with van der Waals surface area (Å²) in [6, 6.07) is 0.991. The van der Waals surface area contributed by atoms with Crippen molar-refractivity contribution in [1.29, 1.82) is 0 Å². The van der Waals surface area contributed by atoms with E-state index < -0.39 is 8.56 Å². The fourth-order valence-corrected chi connectivity index (χ4v) is 5.16. The fraction of sp³-hybridized carbons (Fsp3) is 0.857. The van der Waals surface area contributed by atoms with Crippen LogP contribution in [0.5, 0.6) is 0 Å². The Morgan fingerprint density at radius 3 is 1.65 bits per heavy atom. The highest BCUT2D eigenvalue weighted by atomic mass is 28.4. The van der Waals surface area contributed by atoms with E-state index in [2.05, 4.69) is 48.1 Å². The van der Waals surface area contributed by atoms with Gasteiger partial charge in [-0.3, -0.25) is 0 Å². The Bertz CT molecular complexity index is 204. The van der Waals surface area contributed by atoms with E-state index in [0.29, 0.717) is 5.92 Å². The molecule has 0 rings (SSSR count). The zero-order chi connectivity index (χ0) is 13.5. The van der Waals surface area contributed by atoms with E-state index in [-0.39, 0.29) is 12.2 Å². The summed E-state index contributed by atoms with van der Waals surface area (Å²) in [7, 11) is -2.24. The van der Waals surface area contributed by atoms with Gasteiger partial charge in [-0.25, -0.2) is 0 Å². The van der Waals surface area contributed by atoms with Crippen LogP contribution in [0.25, 0.3) is 0 Å². The van der Waals surface area contributed by atoms with Gasteiger partial charge in [0.15, 0.2) is 0 Å². The maximum Gasteiger partial charge on any atom is 0.365 e. The summed E-state index contributed by atoms with van der Waals surface area (Å²) >= 11 is 0. The minimum Gasteiger partial charge on any atom is -0.388 e. The third-order valence-electron chi connectivity index (χ3n) is 2.95. The molecule has 0 fully saturated rings. The molecule has 3 heteroatoms. The largest absolute Gasteiger partial charge is 0.388 e. The molecule has 0 aliphatic carbocycles. The second-order valence-electron chi connectivity index (χ2n) is 5.29. The van der Waals surface area contributed by atoms with Gasteiger partial charge in [-0.1, -0.05) is 27.7 Å². The first-order valence-electron chi connectivity index (χ1n) is 6.88. The normalized spacial score (nSPS) is 18.8. The van der Waals surface area contributed by atoms with E-state index >= 15 is 0 Å². The van der Waals surface area contributed by atoms with Crippen molar-refractivity contribution in [1.82, 2.24) is 0 Å². The van der Waals surface area contributed by atoms with Crippen LogP contribution >= 0.6 is 0 Å². The molecule has 0 aromatic carbocycles. The van der Waals surface area contributed by atoms with Crippen LogP contribution in [0.15, 0.2) is 12.3 Å². The second-order valence-corrected chi connectivity index (χ2v) is 8.20. The third-order valence-corrected chi connectivity index (χ3v) is 6.57. The van der Waals surface area contributed by atoms with Crippen LogP contribution in [0, 0.1) is 5.92 Å². The lowest BCUT2D eigenvalue weighted by Crippen LogP contribution is -2.46. The molecule has 2 unspecified atom stereocenters. The molecule has 0 aliphatic heterocycles. The average molecular weight is 258 g/mol. The molecule has 0 saturated carbocycles. The predicted octanol–water partition coefficient (Wildman–Crippen LogP) is 4.44. The van der Waals surface area contributed by atoms with Gasteiger partial charge in [-0.2, -0.15) is 0 Å². The molecule has 2 atom stereocenters. The second kappa shape index (κ2) is 8.06. The molecule has 0 heterocycles. The van der Waals surface area contributed by atoms with Gasteiger partial charge in [-0.05, 0) is 44.4 Å². The van der Waals surface area contributed by atoms with E-state index in [0.717, 1.165) is 18.9 Å². The zero-order valence-electron chi connectivity index (χ0n) is 12.5. The van der Waals surface area contributed by atoms with Gasteiger partial charge in [0.05, 0.1) is 0 Å². The average Bonchev–Trinajstić information content (AvgIpc) is 2.27. The Hall–Kier alpha value is -0.123. The Balaban J connectivity index is 4.79. The lowest BCUT2D eigenvalue weighted by Gasteiger charge is -2.34. The monoisotopic (exact) mass is 258 g/mol. The van der Waals surface area contributed by atoms with E-state index in [1.807, 2.05) is 5.70 Å². The Morgan fingerprint density at radius 2 is 1.41 bits per heavy atom. The molecule has 0 spiro atoms. The highest BCUT2D eigenvalue weighted by Crippen LogP contribution is 2.25. The molecule has 0 aromatic heterocycles. The maximum absolute atomic E-state index is 6.22. The number of hydrogen-bond acceptors (Lipinski definition) is 2. The van der Waals surface area contributed by atoms with Crippen LogP contribution in [-0.4, -0.2) is 20.8 Å². The molecular weight excluding hydrogens is 228 g/mol. The van der Waals surface area contributed by atoms with Gasteiger partial charge in [0.2, 0.25) is 0 Å². The summed E-state index contributed by atoms with van der Waals surface area (Å²) < 4.78 is 12.4. The summed E-state index contributed by atoms with van der Waals surface area (Å²) in [6.45, 7) is 16.9. The van der Waals surface area contributed by atoms with Crippen molar-refractivity contribution in [3.63, 3.8) is 0 Å². The minimum atomic E-state index is -2.24. The van der Waals surface area contributed by atoms with Crippen molar-refractivity contribution >= 4 is 8.56 Å². The van der Waals surface area contributed by atoms with Crippen LogP contribution in [0.3, 0.4) is 0 Å². The molecule has 2 nitrogen and oxygen atoms in total. The fourth-order valence-electron chi connectivity index (χ4n) is 1.72. The van der Waals surface area contributed by atoms with Crippen LogP contribution < -0.4 is 0 Å². The predicted molar refractivity (Wildman–Crippen MR) is 77.3 cm³/mol. The van der Waals surface area contributed by atoms with E-state index in [1.165, 1.54) is 0 Å². The summed E-state index contributed by atoms with van der Waals surface area (Å²) in [5.74, 6) is 0.577. The first-order chi connectivity index (χ1) is 7.89. The van der Waals surface area contributed by atoms with Gasteiger partial charge in [0.1, 0.15) is 0 Å². The first kappa shape index (κ1) is 16.9. The van der Waals surface area contributed by atoms with Gasteiger partial charge >= 0.3 is 8.56 Å². The van der Waals surface area contributed by atoms with E-state index in [4.69, 9.17) is 8.85 Å². The van der Waals surface area contributed by atoms with Gasteiger partial charge in [0, 0.05) is 12.2 Å². The zero-order valence-corrected chi connectivity index (χ0v) is 13.5. The summed E-state index contributed by atoms with van der Waals surface area (Å²) in [4.78, 5) is 0. The summed E-state index contributed by atoms with van der Waals surface area (Å²) in [5, 5.41) is 0. The lowest BCUT2D eigenvalue weighted by molar-refractivity contribution is 0.0932. The highest BCUT2D eigenvalue weighted by molar-refractivity contribution is 6.72. The summed E-state index contributed by atoms with van der Waals surface area (Å²) in [6.07, 6.45) is 2.54. The molecule has 17 heavy (non-hydrogen) atoms. The summed E-state index contributed by atoms with van der Waals surface area (Å²) in [5.41, 5.74) is 1.96. The molecule has 0 bridgehead atoms. The van der Waals surface area contributed by atoms with Crippen LogP contribution in [0.4, 0.5) is 0 Å². The van der Waals surface area contributed by atoms with Crippen LogP contribution in [0.2, 0.25) is 6.04 Å². The SMILES string of the molecule is C=C[Si](CC(C)C)(OC(C)CC)OC(C)CC. The van der Waals surface area contributed by atoms with Crippen molar-refractivity contribution in [2.75, 3.05) is 0 Å². The topological polar surface area (TPSA) is 18.5 Å². The van der Waals surface area contributed by atoms with Crippen molar-refractivity contribution < 1.29 is 8.85 Å². The lowest BCUT2D eigenvalue weighted by atomic mass is 10.3. The third kappa shape index (κ3) is 6.39. The number of rotatable bonds is 9. The molecule has 0 saturated heterocycles. The smallest absolute Gasteiger partial charge is 0.365 e. The standard InChI is InChI=1S/C14H30O2Si/c1-8-13(6)15-17(10-3,11-12(4)5)16-14(7)9-2/h10,12-14H,3,8-9,11H2,1-2,4-7H3. The minimum absolute atomic E-state index is 0.252. The van der Waals surface area contributed by atoms with E-state index in [9.17, 15) is 0 Å². The van der Waals surface area contributed by atoms with Crippen molar-refractivity contribution in [3.05, 3.63) is 12.3 Å². The highest BCUT2D eigenvalue weighted by Gasteiger charge is 2.38. The molecule has 102 valence electrons. The van der Waals surface area contributed by atoms with Crippen molar-refractivity contribution in [3.8, 4) is 0 Å². The van der Waals surface area contributed by atoms with Crippen molar-refractivity contribution in [2.45, 2.75) is 72.6 Å². The Labute approximate surface area is 109 Å². The van der Waals surface area contributed by atoms with E-state index in [1.54, 1.807) is 0 Å². The van der Waals surface area contributed by atoms with Gasteiger partial charge < -0.3 is 8.85 Å². The van der Waals surface area contributed by atoms with Gasteiger partial charge in [0.25, 0.3) is 0 Å². The molecule has 0 amide bonds. The molecule has 0 N–H and O–H groups in total. The maximum atomic E-state index is 6.22. The first-order valence-corrected chi connectivity index (χ1v) is 8.98. The molecule has 0 aromatic rings.